The zero-order valence-electron chi connectivity index (χ0n) is 5.45. The summed E-state index contributed by atoms with van der Waals surface area (Å²) in [4.78, 5) is 0. The van der Waals surface area contributed by atoms with Crippen LogP contribution in [-0.4, -0.2) is 6.54 Å². The number of rotatable bonds is 4. The minimum absolute atomic E-state index is 0. The predicted octanol–water partition coefficient (Wildman–Crippen LogP) is 1.52. The van der Waals surface area contributed by atoms with Gasteiger partial charge in [-0.1, -0.05) is 26.2 Å². The summed E-state index contributed by atoms with van der Waals surface area (Å²) in [5.41, 5.74) is 5.27. The van der Waals surface area contributed by atoms with Gasteiger partial charge < -0.3 is 5.73 Å². The molecular formula is C6H15NRh. The van der Waals surface area contributed by atoms with Crippen LogP contribution in [0.25, 0.3) is 0 Å². The van der Waals surface area contributed by atoms with Crippen molar-refractivity contribution in [1.29, 1.82) is 0 Å². The second kappa shape index (κ2) is 10.5. The van der Waals surface area contributed by atoms with E-state index in [0.29, 0.717) is 0 Å². The predicted molar refractivity (Wildman–Crippen MR) is 33.2 cm³/mol. The van der Waals surface area contributed by atoms with Crippen molar-refractivity contribution in [2.75, 3.05) is 6.54 Å². The Bertz CT molecular complexity index is 27.7. The van der Waals surface area contributed by atoms with E-state index in [1.165, 1.54) is 25.7 Å². The molecule has 0 aromatic carbocycles. The third kappa shape index (κ3) is 9.77. The van der Waals surface area contributed by atoms with Crippen molar-refractivity contribution in [1.82, 2.24) is 0 Å². The quantitative estimate of drug-likeness (QED) is 0.545. The monoisotopic (exact) mass is 204 g/mol. The summed E-state index contributed by atoms with van der Waals surface area (Å²) in [7, 11) is 0. The molecule has 53 valence electrons. The molecule has 0 saturated carbocycles. The number of hydrogen-bond donors (Lipinski definition) is 1. The third-order valence-corrected chi connectivity index (χ3v) is 1.06. The van der Waals surface area contributed by atoms with Crippen LogP contribution in [-0.2, 0) is 19.5 Å². The molecule has 1 radical (unpaired) electrons. The molecule has 0 aliphatic heterocycles. The van der Waals surface area contributed by atoms with Crippen LogP contribution in [0, 0.1) is 0 Å². The molecule has 0 rings (SSSR count). The Kier molecular flexibility index (Phi) is 15.0. The van der Waals surface area contributed by atoms with Gasteiger partial charge >= 0.3 is 0 Å². The largest absolute Gasteiger partial charge is 0.330 e. The van der Waals surface area contributed by atoms with E-state index in [2.05, 4.69) is 6.92 Å². The average molecular weight is 204 g/mol. The molecule has 0 amide bonds. The van der Waals surface area contributed by atoms with E-state index in [1.807, 2.05) is 0 Å². The summed E-state index contributed by atoms with van der Waals surface area (Å²) >= 11 is 0. The van der Waals surface area contributed by atoms with Crippen molar-refractivity contribution >= 4 is 0 Å². The van der Waals surface area contributed by atoms with Gasteiger partial charge in [-0.25, -0.2) is 0 Å². The molecule has 0 aliphatic rings. The molecule has 0 spiro atoms. The first-order chi connectivity index (χ1) is 3.41. The Morgan fingerprint density at radius 2 is 1.75 bits per heavy atom. The first-order valence-electron chi connectivity index (χ1n) is 3.12. The van der Waals surface area contributed by atoms with Crippen LogP contribution in [0.5, 0.6) is 0 Å². The van der Waals surface area contributed by atoms with E-state index in [-0.39, 0.29) is 19.5 Å². The van der Waals surface area contributed by atoms with Gasteiger partial charge in [-0.2, -0.15) is 0 Å². The standard InChI is InChI=1S/C6H15N.Rh/c1-2-3-4-5-6-7;/h2-7H2,1H3;. The van der Waals surface area contributed by atoms with Crippen molar-refractivity contribution < 1.29 is 19.5 Å². The van der Waals surface area contributed by atoms with E-state index < -0.39 is 0 Å². The zero-order chi connectivity index (χ0) is 5.54. The van der Waals surface area contributed by atoms with Gasteiger partial charge in [0.25, 0.3) is 0 Å². The minimum Gasteiger partial charge on any atom is -0.330 e. The normalized spacial score (nSPS) is 8.25. The summed E-state index contributed by atoms with van der Waals surface area (Å²) in [5, 5.41) is 0. The maximum absolute atomic E-state index is 5.27. The molecular weight excluding hydrogens is 189 g/mol. The Labute approximate surface area is 64.8 Å². The molecule has 8 heavy (non-hydrogen) atoms. The molecule has 0 atom stereocenters. The smallest absolute Gasteiger partial charge is 0 e. The molecule has 2 N–H and O–H groups in total. The Morgan fingerprint density at radius 3 is 2.12 bits per heavy atom. The summed E-state index contributed by atoms with van der Waals surface area (Å²) in [6, 6.07) is 0. The van der Waals surface area contributed by atoms with Gasteiger partial charge in [0.2, 0.25) is 0 Å². The summed E-state index contributed by atoms with van der Waals surface area (Å²) in [5.74, 6) is 0. The van der Waals surface area contributed by atoms with Crippen LogP contribution in [0.3, 0.4) is 0 Å². The molecule has 0 unspecified atom stereocenters. The van der Waals surface area contributed by atoms with Gasteiger partial charge in [-0.3, -0.25) is 0 Å². The van der Waals surface area contributed by atoms with Crippen LogP contribution in [0.15, 0.2) is 0 Å². The zero-order valence-corrected chi connectivity index (χ0v) is 7.08. The number of nitrogens with two attached hydrogens (primary N) is 1. The van der Waals surface area contributed by atoms with Crippen LogP contribution < -0.4 is 5.73 Å². The van der Waals surface area contributed by atoms with Crippen LogP contribution in [0.1, 0.15) is 32.6 Å². The van der Waals surface area contributed by atoms with Crippen molar-refractivity contribution in [2.45, 2.75) is 32.6 Å². The Hall–Kier alpha value is 0.583. The van der Waals surface area contributed by atoms with E-state index in [0.717, 1.165) is 6.54 Å². The maximum atomic E-state index is 5.27. The molecule has 0 bridgehead atoms. The number of unbranched alkanes of at least 4 members (excludes halogenated alkanes) is 3. The first kappa shape index (κ1) is 11.4. The SMILES string of the molecule is CCCCCCN.[Rh]. The van der Waals surface area contributed by atoms with Gasteiger partial charge in [-0.15, -0.1) is 0 Å². The minimum atomic E-state index is 0. The van der Waals surface area contributed by atoms with E-state index in [9.17, 15) is 0 Å². The summed E-state index contributed by atoms with van der Waals surface area (Å²) in [6.07, 6.45) is 5.16. The second-order valence-electron chi connectivity index (χ2n) is 1.85. The van der Waals surface area contributed by atoms with Crippen molar-refractivity contribution in [2.24, 2.45) is 5.73 Å². The molecule has 0 fully saturated rings. The fourth-order valence-corrected chi connectivity index (χ4v) is 0.571. The second-order valence-corrected chi connectivity index (χ2v) is 1.85. The topological polar surface area (TPSA) is 26.0 Å². The van der Waals surface area contributed by atoms with Gasteiger partial charge in [0.05, 0.1) is 0 Å². The first-order valence-corrected chi connectivity index (χ1v) is 3.12. The molecule has 2 heteroatoms. The van der Waals surface area contributed by atoms with Crippen molar-refractivity contribution in [3.05, 3.63) is 0 Å². The van der Waals surface area contributed by atoms with Crippen molar-refractivity contribution in [3.63, 3.8) is 0 Å². The molecule has 0 aromatic rings. The summed E-state index contributed by atoms with van der Waals surface area (Å²) < 4.78 is 0. The molecule has 0 heterocycles. The fourth-order valence-electron chi connectivity index (χ4n) is 0.571. The van der Waals surface area contributed by atoms with Gasteiger partial charge in [0.15, 0.2) is 0 Å². The van der Waals surface area contributed by atoms with Gasteiger partial charge in [0, 0.05) is 19.5 Å². The number of hydrogen-bond acceptors (Lipinski definition) is 1. The van der Waals surface area contributed by atoms with E-state index in [1.54, 1.807) is 0 Å². The van der Waals surface area contributed by atoms with Gasteiger partial charge in [0.1, 0.15) is 0 Å². The van der Waals surface area contributed by atoms with Crippen molar-refractivity contribution in [3.8, 4) is 0 Å². The Balaban J connectivity index is 0. The summed E-state index contributed by atoms with van der Waals surface area (Å²) in [6.45, 7) is 3.07. The Morgan fingerprint density at radius 1 is 1.12 bits per heavy atom. The average Bonchev–Trinajstić information content (AvgIpc) is 1.69. The maximum Gasteiger partial charge on any atom is 0 e. The molecule has 0 aliphatic carbocycles. The van der Waals surface area contributed by atoms with Crippen LogP contribution >= 0.6 is 0 Å². The molecule has 0 saturated heterocycles. The van der Waals surface area contributed by atoms with E-state index >= 15 is 0 Å². The molecule has 1 nitrogen and oxygen atoms in total. The fraction of sp³-hybridized carbons (Fsp3) is 1.00. The van der Waals surface area contributed by atoms with Gasteiger partial charge in [-0.05, 0) is 13.0 Å². The molecule has 0 aromatic heterocycles. The van der Waals surface area contributed by atoms with Crippen LogP contribution in [0.4, 0.5) is 0 Å². The third-order valence-electron chi connectivity index (χ3n) is 1.06. The van der Waals surface area contributed by atoms with E-state index in [4.69, 9.17) is 5.73 Å². The van der Waals surface area contributed by atoms with Crippen LogP contribution in [0.2, 0.25) is 0 Å².